The molecule has 2 N–H and O–H groups in total. The van der Waals surface area contributed by atoms with Crippen molar-refractivity contribution in [3.63, 3.8) is 0 Å². The highest BCUT2D eigenvalue weighted by Crippen LogP contribution is 2.37. The molecular weight excluding hydrogens is 396 g/mol. The molecule has 0 aliphatic heterocycles. The Balaban J connectivity index is 2.17. The fraction of sp³-hybridized carbons (Fsp3) is 0.0625. The lowest BCUT2D eigenvalue weighted by molar-refractivity contribution is 0.486. The second kappa shape index (κ2) is 5.66. The van der Waals surface area contributed by atoms with E-state index in [1.807, 2.05) is 43.3 Å². The molecule has 1 heterocycles. The van der Waals surface area contributed by atoms with Gasteiger partial charge in [0.1, 0.15) is 5.75 Å². The monoisotopic (exact) mass is 406 g/mol. The van der Waals surface area contributed by atoms with Crippen LogP contribution in [-0.4, -0.2) is 4.98 Å². The van der Waals surface area contributed by atoms with E-state index in [1.54, 1.807) is 6.20 Å². The van der Waals surface area contributed by atoms with E-state index in [4.69, 9.17) is 10.5 Å². The molecule has 0 aliphatic rings. The molecule has 106 valence electrons. The topological polar surface area (TPSA) is 48.1 Å². The van der Waals surface area contributed by atoms with Gasteiger partial charge in [-0.2, -0.15) is 0 Å². The zero-order valence-electron chi connectivity index (χ0n) is 11.2. The molecule has 0 spiro atoms. The van der Waals surface area contributed by atoms with Gasteiger partial charge in [-0.25, -0.2) is 0 Å². The number of fused-ring (bicyclic) bond motifs is 1. The number of pyridine rings is 1. The minimum Gasteiger partial charge on any atom is -0.454 e. The van der Waals surface area contributed by atoms with Gasteiger partial charge in [0.25, 0.3) is 0 Å². The molecule has 21 heavy (non-hydrogen) atoms. The summed E-state index contributed by atoms with van der Waals surface area (Å²) < 4.78 is 7.99. The van der Waals surface area contributed by atoms with Crippen LogP contribution in [-0.2, 0) is 0 Å². The lowest BCUT2D eigenvalue weighted by Gasteiger charge is -2.13. The Hall–Kier alpha value is -1.59. The van der Waals surface area contributed by atoms with E-state index in [0.29, 0.717) is 11.4 Å². The lowest BCUT2D eigenvalue weighted by atomic mass is 10.2. The van der Waals surface area contributed by atoms with Crippen LogP contribution in [0.1, 0.15) is 5.56 Å². The van der Waals surface area contributed by atoms with E-state index in [2.05, 4.69) is 36.8 Å². The van der Waals surface area contributed by atoms with Gasteiger partial charge in [-0.3, -0.25) is 4.98 Å². The number of nitrogens with zero attached hydrogens (tertiary/aromatic N) is 1. The first kappa shape index (κ1) is 14.4. The van der Waals surface area contributed by atoms with Crippen molar-refractivity contribution in [3.8, 4) is 11.5 Å². The van der Waals surface area contributed by atoms with Gasteiger partial charge in [-0.1, -0.05) is 37.9 Å². The van der Waals surface area contributed by atoms with Gasteiger partial charge < -0.3 is 10.5 Å². The Morgan fingerprint density at radius 3 is 2.57 bits per heavy atom. The Kier molecular flexibility index (Phi) is 3.87. The summed E-state index contributed by atoms with van der Waals surface area (Å²) in [5, 5.41) is 0.878. The first-order chi connectivity index (χ1) is 10.0. The zero-order chi connectivity index (χ0) is 15.0. The Bertz CT molecular complexity index is 829. The van der Waals surface area contributed by atoms with Crippen LogP contribution >= 0.6 is 31.9 Å². The summed E-state index contributed by atoms with van der Waals surface area (Å²) in [6, 6.07) is 11.7. The van der Waals surface area contributed by atoms with Gasteiger partial charge in [0.05, 0.1) is 17.4 Å². The third-order valence-corrected chi connectivity index (χ3v) is 4.16. The number of nitrogen functional groups attached to an aromatic ring is 1. The quantitative estimate of drug-likeness (QED) is 0.614. The van der Waals surface area contributed by atoms with Crippen LogP contribution in [0.25, 0.3) is 10.9 Å². The van der Waals surface area contributed by atoms with Crippen LogP contribution in [0.3, 0.4) is 0 Å². The van der Waals surface area contributed by atoms with E-state index >= 15 is 0 Å². The highest BCUT2D eigenvalue weighted by molar-refractivity contribution is 9.10. The summed E-state index contributed by atoms with van der Waals surface area (Å²) in [5.74, 6) is 1.39. The molecule has 0 unspecified atom stereocenters. The van der Waals surface area contributed by atoms with Crippen molar-refractivity contribution < 1.29 is 4.74 Å². The van der Waals surface area contributed by atoms with Gasteiger partial charge >= 0.3 is 0 Å². The predicted molar refractivity (Wildman–Crippen MR) is 92.8 cm³/mol. The number of benzene rings is 2. The van der Waals surface area contributed by atoms with E-state index in [-0.39, 0.29) is 0 Å². The summed E-state index contributed by atoms with van der Waals surface area (Å²) in [4.78, 5) is 4.33. The second-order valence-electron chi connectivity index (χ2n) is 4.72. The van der Waals surface area contributed by atoms with E-state index in [1.165, 1.54) is 0 Å². The third kappa shape index (κ3) is 2.89. The van der Waals surface area contributed by atoms with Crippen LogP contribution in [0, 0.1) is 6.92 Å². The molecule has 3 nitrogen and oxygen atoms in total. The molecule has 0 aliphatic carbocycles. The number of aryl methyl sites for hydroxylation is 1. The Labute approximate surface area is 139 Å². The van der Waals surface area contributed by atoms with Crippen molar-refractivity contribution in [2.75, 3.05) is 5.73 Å². The molecule has 0 saturated heterocycles. The van der Waals surface area contributed by atoms with Crippen LogP contribution in [0.2, 0.25) is 0 Å². The fourth-order valence-corrected chi connectivity index (χ4v) is 2.76. The van der Waals surface area contributed by atoms with Crippen LogP contribution in [0.4, 0.5) is 5.69 Å². The highest BCUT2D eigenvalue weighted by Gasteiger charge is 2.11. The summed E-state index contributed by atoms with van der Waals surface area (Å²) in [6.45, 7) is 2.00. The number of nitrogens with two attached hydrogens (primary N) is 1. The minimum atomic E-state index is 0.514. The molecule has 0 amide bonds. The second-order valence-corrected chi connectivity index (χ2v) is 6.55. The molecule has 2 aromatic carbocycles. The van der Waals surface area contributed by atoms with Crippen molar-refractivity contribution in [1.82, 2.24) is 4.98 Å². The first-order valence-electron chi connectivity index (χ1n) is 6.32. The zero-order valence-corrected chi connectivity index (χ0v) is 14.4. The number of anilines is 1. The molecule has 0 saturated carbocycles. The molecule has 0 bridgehead atoms. The fourth-order valence-electron chi connectivity index (χ4n) is 2.06. The number of hydrogen-bond acceptors (Lipinski definition) is 3. The maximum atomic E-state index is 6.07. The molecule has 0 fully saturated rings. The number of halogens is 2. The SMILES string of the molecule is Cc1ccc(Br)cc1Oc1c(N)cnc2ccc(Br)cc12. The van der Waals surface area contributed by atoms with E-state index in [0.717, 1.165) is 31.2 Å². The van der Waals surface area contributed by atoms with E-state index < -0.39 is 0 Å². The average Bonchev–Trinajstić information content (AvgIpc) is 2.46. The number of rotatable bonds is 2. The Morgan fingerprint density at radius 1 is 1.05 bits per heavy atom. The molecule has 1 aromatic heterocycles. The van der Waals surface area contributed by atoms with Crippen molar-refractivity contribution >= 4 is 48.5 Å². The molecular formula is C16H12Br2N2O. The lowest BCUT2D eigenvalue weighted by Crippen LogP contribution is -1.96. The summed E-state index contributed by atoms with van der Waals surface area (Å²) in [5.41, 5.74) is 8.45. The maximum absolute atomic E-state index is 6.07. The number of aromatic nitrogens is 1. The van der Waals surface area contributed by atoms with Crippen LogP contribution in [0.15, 0.2) is 51.5 Å². The summed E-state index contributed by atoms with van der Waals surface area (Å²) >= 11 is 6.93. The predicted octanol–water partition coefficient (Wildman–Crippen LogP) is 5.44. The highest BCUT2D eigenvalue weighted by atomic mass is 79.9. The van der Waals surface area contributed by atoms with Gasteiger partial charge in [0.2, 0.25) is 0 Å². The molecule has 3 rings (SSSR count). The van der Waals surface area contributed by atoms with Crippen molar-refractivity contribution in [1.29, 1.82) is 0 Å². The van der Waals surface area contributed by atoms with Crippen molar-refractivity contribution in [2.45, 2.75) is 6.92 Å². The molecule has 0 radical (unpaired) electrons. The number of hydrogen-bond donors (Lipinski definition) is 1. The van der Waals surface area contributed by atoms with Crippen molar-refractivity contribution in [3.05, 3.63) is 57.1 Å². The van der Waals surface area contributed by atoms with Gasteiger partial charge in [-0.05, 0) is 42.8 Å². The largest absolute Gasteiger partial charge is 0.454 e. The van der Waals surface area contributed by atoms with Crippen LogP contribution < -0.4 is 10.5 Å². The van der Waals surface area contributed by atoms with Gasteiger partial charge in [-0.15, -0.1) is 0 Å². The number of ether oxygens (including phenoxy) is 1. The molecule has 3 aromatic rings. The normalized spacial score (nSPS) is 10.8. The smallest absolute Gasteiger partial charge is 0.161 e. The Morgan fingerprint density at radius 2 is 1.76 bits per heavy atom. The minimum absolute atomic E-state index is 0.514. The summed E-state index contributed by atoms with van der Waals surface area (Å²) in [7, 11) is 0. The third-order valence-electron chi connectivity index (χ3n) is 3.17. The van der Waals surface area contributed by atoms with Gasteiger partial charge in [0.15, 0.2) is 5.75 Å². The summed E-state index contributed by atoms with van der Waals surface area (Å²) in [6.07, 6.45) is 1.62. The first-order valence-corrected chi connectivity index (χ1v) is 7.91. The van der Waals surface area contributed by atoms with Gasteiger partial charge in [0, 0.05) is 14.3 Å². The average molecular weight is 408 g/mol. The van der Waals surface area contributed by atoms with Crippen molar-refractivity contribution in [2.24, 2.45) is 0 Å². The van der Waals surface area contributed by atoms with Crippen LogP contribution in [0.5, 0.6) is 11.5 Å². The van der Waals surface area contributed by atoms with E-state index in [9.17, 15) is 0 Å². The standard InChI is InChI=1S/C16H12Br2N2O/c1-9-2-3-11(18)7-15(9)21-16-12-6-10(17)4-5-14(12)20-8-13(16)19/h2-8H,19H2,1H3. The molecule has 5 heteroatoms. The molecule has 0 atom stereocenters. The maximum Gasteiger partial charge on any atom is 0.161 e.